The second-order valence-corrected chi connectivity index (χ2v) is 4.17. The smallest absolute Gasteiger partial charge is 0.307 e. The molecule has 3 N–H and O–H groups in total. The number of nitrogens with two attached hydrogens (primary N) is 1. The third-order valence-corrected chi connectivity index (χ3v) is 2.94. The highest BCUT2D eigenvalue weighted by atomic mass is 16.5. The molecule has 1 rings (SSSR count). The normalized spacial score (nSPS) is 19.5. The fourth-order valence-corrected chi connectivity index (χ4v) is 1.71. The first-order valence-electron chi connectivity index (χ1n) is 5.90. The molecule has 0 aromatic carbocycles. The second kappa shape index (κ2) is 7.13. The van der Waals surface area contributed by atoms with Gasteiger partial charge in [0.1, 0.15) is 0 Å². The van der Waals surface area contributed by atoms with E-state index >= 15 is 0 Å². The largest absolute Gasteiger partial charge is 0.469 e. The predicted octanol–water partition coefficient (Wildman–Crippen LogP) is -0.272. The molecule has 0 bridgehead atoms. The summed E-state index contributed by atoms with van der Waals surface area (Å²) >= 11 is 0. The van der Waals surface area contributed by atoms with Crippen molar-refractivity contribution < 1.29 is 19.1 Å². The molecule has 0 unspecified atom stereocenters. The Labute approximate surface area is 106 Å². The molecular formula is C12H20N2O4. The highest BCUT2D eigenvalue weighted by Gasteiger charge is 2.25. The van der Waals surface area contributed by atoms with E-state index in [1.54, 1.807) is 7.11 Å². The number of rotatable bonds is 7. The Kier molecular flexibility index (Phi) is 5.80. The molecule has 6 heteroatoms. The molecule has 2 atom stereocenters. The lowest BCUT2D eigenvalue weighted by molar-refractivity contribution is -0.140. The quantitative estimate of drug-likeness (QED) is 0.483. The molecule has 0 radical (unpaired) electrons. The number of nitrogens with one attached hydrogen (secondary N) is 1. The molecule has 1 aliphatic carbocycles. The molecule has 0 heterocycles. The lowest BCUT2D eigenvalue weighted by Gasteiger charge is -2.27. The number of amides is 1. The van der Waals surface area contributed by atoms with Crippen molar-refractivity contribution in [1.82, 2.24) is 5.32 Å². The zero-order valence-corrected chi connectivity index (χ0v) is 10.8. The number of carbonyl (C=O) groups excluding carboxylic acids is 2. The van der Waals surface area contributed by atoms with Crippen LogP contribution in [0.4, 0.5) is 0 Å². The molecule has 18 heavy (non-hydrogen) atoms. The third kappa shape index (κ3) is 4.12. The van der Waals surface area contributed by atoms with Crippen LogP contribution in [-0.4, -0.2) is 44.8 Å². The van der Waals surface area contributed by atoms with Crippen LogP contribution in [0.15, 0.2) is 11.6 Å². The van der Waals surface area contributed by atoms with E-state index in [2.05, 4.69) is 10.1 Å². The van der Waals surface area contributed by atoms with E-state index in [0.717, 1.165) is 12.0 Å². The van der Waals surface area contributed by atoms with Crippen molar-refractivity contribution in [2.24, 2.45) is 5.73 Å². The van der Waals surface area contributed by atoms with Crippen molar-refractivity contribution in [3.8, 4) is 0 Å². The summed E-state index contributed by atoms with van der Waals surface area (Å²) in [5.41, 5.74) is 6.83. The van der Waals surface area contributed by atoms with Crippen molar-refractivity contribution in [2.75, 3.05) is 20.8 Å². The summed E-state index contributed by atoms with van der Waals surface area (Å²) in [5.74, 6) is -0.619. The Morgan fingerprint density at radius 2 is 2.28 bits per heavy atom. The van der Waals surface area contributed by atoms with E-state index < -0.39 is 6.04 Å². The average molecular weight is 256 g/mol. The number of hydrogen-bond donors (Lipinski definition) is 2. The SMILES string of the molecule is COC(=O)CCNC(=O)[C@H](N)CC1=CC[C@H]1OC. The zero-order valence-electron chi connectivity index (χ0n) is 10.8. The van der Waals surface area contributed by atoms with Crippen LogP contribution in [0.3, 0.4) is 0 Å². The standard InChI is InChI=1S/C12H20N2O4/c1-17-10-4-3-8(10)7-9(13)12(16)14-6-5-11(15)18-2/h3,9-10H,4-7,13H2,1-2H3,(H,14,16)/t9-,10-/m1/s1. The van der Waals surface area contributed by atoms with Crippen molar-refractivity contribution in [3.63, 3.8) is 0 Å². The molecular weight excluding hydrogens is 236 g/mol. The van der Waals surface area contributed by atoms with E-state index in [1.165, 1.54) is 7.11 Å². The van der Waals surface area contributed by atoms with Gasteiger partial charge in [-0.05, 0) is 18.4 Å². The van der Waals surface area contributed by atoms with Gasteiger partial charge in [-0.3, -0.25) is 9.59 Å². The minimum Gasteiger partial charge on any atom is -0.469 e. The molecule has 1 aliphatic rings. The molecule has 0 spiro atoms. The fourth-order valence-electron chi connectivity index (χ4n) is 1.71. The van der Waals surface area contributed by atoms with Crippen LogP contribution in [0.5, 0.6) is 0 Å². The molecule has 102 valence electrons. The Balaban J connectivity index is 2.23. The minimum atomic E-state index is -0.605. The summed E-state index contributed by atoms with van der Waals surface area (Å²) in [5, 5.41) is 2.60. The molecule has 1 amide bonds. The van der Waals surface area contributed by atoms with Crippen LogP contribution in [0.25, 0.3) is 0 Å². The molecule has 6 nitrogen and oxygen atoms in total. The van der Waals surface area contributed by atoms with Crippen molar-refractivity contribution in [1.29, 1.82) is 0 Å². The molecule has 0 aliphatic heterocycles. The van der Waals surface area contributed by atoms with Crippen LogP contribution < -0.4 is 11.1 Å². The van der Waals surface area contributed by atoms with Crippen LogP contribution >= 0.6 is 0 Å². The van der Waals surface area contributed by atoms with Gasteiger partial charge in [0.15, 0.2) is 0 Å². The average Bonchev–Trinajstić information content (AvgIpc) is 2.34. The predicted molar refractivity (Wildman–Crippen MR) is 65.7 cm³/mol. The van der Waals surface area contributed by atoms with Crippen LogP contribution in [0.1, 0.15) is 19.3 Å². The summed E-state index contributed by atoms with van der Waals surface area (Å²) in [6, 6.07) is -0.605. The molecule has 0 saturated heterocycles. The first-order chi connectivity index (χ1) is 8.58. The minimum absolute atomic E-state index is 0.0962. The van der Waals surface area contributed by atoms with Crippen LogP contribution in [-0.2, 0) is 19.1 Å². The molecule has 0 aromatic heterocycles. The van der Waals surface area contributed by atoms with Gasteiger partial charge in [0.25, 0.3) is 0 Å². The van der Waals surface area contributed by atoms with Gasteiger partial charge in [-0.25, -0.2) is 0 Å². The van der Waals surface area contributed by atoms with E-state index in [-0.39, 0.29) is 30.9 Å². The van der Waals surface area contributed by atoms with Crippen molar-refractivity contribution >= 4 is 11.9 Å². The number of esters is 1. The lowest BCUT2D eigenvalue weighted by Crippen LogP contribution is -2.43. The Bertz CT molecular complexity index is 341. The maximum atomic E-state index is 11.6. The lowest BCUT2D eigenvalue weighted by atomic mass is 9.89. The number of hydrogen-bond acceptors (Lipinski definition) is 5. The van der Waals surface area contributed by atoms with Gasteiger partial charge in [-0.2, -0.15) is 0 Å². The Morgan fingerprint density at radius 3 is 2.78 bits per heavy atom. The molecule has 0 saturated carbocycles. The van der Waals surface area contributed by atoms with Gasteiger partial charge in [0.2, 0.25) is 5.91 Å². The van der Waals surface area contributed by atoms with Gasteiger partial charge < -0.3 is 20.5 Å². The summed E-state index contributed by atoms with van der Waals surface area (Å²) in [6.45, 7) is 0.242. The van der Waals surface area contributed by atoms with Gasteiger partial charge in [0.05, 0.1) is 25.7 Å². The maximum absolute atomic E-state index is 11.6. The number of methoxy groups -OCH3 is 2. The zero-order chi connectivity index (χ0) is 13.5. The molecule has 0 fully saturated rings. The molecule has 0 aromatic rings. The summed E-state index contributed by atoms with van der Waals surface area (Å²) in [4.78, 5) is 22.5. The van der Waals surface area contributed by atoms with E-state index in [0.29, 0.717) is 6.42 Å². The first kappa shape index (κ1) is 14.7. The van der Waals surface area contributed by atoms with Crippen molar-refractivity contribution in [3.05, 3.63) is 11.6 Å². The van der Waals surface area contributed by atoms with Crippen LogP contribution in [0, 0.1) is 0 Å². The van der Waals surface area contributed by atoms with Gasteiger partial charge in [0, 0.05) is 13.7 Å². The van der Waals surface area contributed by atoms with Gasteiger partial charge >= 0.3 is 5.97 Å². The highest BCUT2D eigenvalue weighted by Crippen LogP contribution is 2.25. The summed E-state index contributed by atoms with van der Waals surface area (Å²) in [6.07, 6.45) is 3.64. The maximum Gasteiger partial charge on any atom is 0.307 e. The summed E-state index contributed by atoms with van der Waals surface area (Å²) in [7, 11) is 2.95. The van der Waals surface area contributed by atoms with E-state index in [9.17, 15) is 9.59 Å². The highest BCUT2D eigenvalue weighted by molar-refractivity contribution is 5.82. The Morgan fingerprint density at radius 1 is 1.56 bits per heavy atom. The number of ether oxygens (including phenoxy) is 2. The topological polar surface area (TPSA) is 90.7 Å². The van der Waals surface area contributed by atoms with Gasteiger partial charge in [-0.15, -0.1) is 0 Å². The number of carbonyl (C=O) groups is 2. The summed E-state index contributed by atoms with van der Waals surface area (Å²) < 4.78 is 9.65. The second-order valence-electron chi connectivity index (χ2n) is 4.17. The first-order valence-corrected chi connectivity index (χ1v) is 5.90. The van der Waals surface area contributed by atoms with Gasteiger partial charge in [-0.1, -0.05) is 6.08 Å². The van der Waals surface area contributed by atoms with E-state index in [4.69, 9.17) is 10.5 Å². The Hall–Kier alpha value is -1.40. The monoisotopic (exact) mass is 256 g/mol. The fraction of sp³-hybridized carbons (Fsp3) is 0.667. The third-order valence-electron chi connectivity index (χ3n) is 2.94. The van der Waals surface area contributed by atoms with Crippen molar-refractivity contribution in [2.45, 2.75) is 31.4 Å². The van der Waals surface area contributed by atoms with E-state index in [1.807, 2.05) is 6.08 Å². The van der Waals surface area contributed by atoms with Crippen LogP contribution in [0.2, 0.25) is 0 Å².